The zero-order chi connectivity index (χ0) is 36.3. The van der Waals surface area contributed by atoms with Gasteiger partial charge in [0.25, 0.3) is 6.57 Å². The quantitative estimate of drug-likeness (QED) is 0.0492. The van der Waals surface area contributed by atoms with E-state index in [1.54, 1.807) is 6.07 Å². The lowest BCUT2D eigenvalue weighted by molar-refractivity contribution is -0.422. The molecule has 0 bridgehead atoms. The summed E-state index contributed by atoms with van der Waals surface area (Å²) in [7, 11) is 0. The number of nitro benzene ring substituents is 2. The van der Waals surface area contributed by atoms with Crippen LogP contribution < -0.4 is 4.90 Å². The van der Waals surface area contributed by atoms with Gasteiger partial charge in [-0.25, -0.2) is 0 Å². The van der Waals surface area contributed by atoms with Crippen molar-refractivity contribution in [3.63, 3.8) is 0 Å². The number of anilines is 1. The van der Waals surface area contributed by atoms with Gasteiger partial charge in [0.05, 0.1) is 44.8 Å². The number of para-hydroxylation sites is 1. The third-order valence-electron chi connectivity index (χ3n) is 7.59. The summed E-state index contributed by atoms with van der Waals surface area (Å²) in [4.78, 5) is 39.3. The molecule has 1 saturated heterocycles. The van der Waals surface area contributed by atoms with E-state index in [4.69, 9.17) is 14.0 Å². The van der Waals surface area contributed by atoms with Crippen molar-refractivity contribution in [3.8, 4) is 0 Å². The molecule has 12 nitrogen and oxygen atoms in total. The summed E-state index contributed by atoms with van der Waals surface area (Å²) in [6, 6.07) is 5.32. The Kier molecular flexibility index (Phi) is 17.7. The monoisotopic (exact) mass is 977 g/mol. The molecule has 18 heteroatoms. The maximum atomic E-state index is 15.2. The second-order valence-electron chi connectivity index (χ2n) is 11.3. The van der Waals surface area contributed by atoms with E-state index in [2.05, 4.69) is 70.6 Å². The number of carbonyl (C=O) groups excluding carboxylic acids is 1. The predicted octanol–water partition coefficient (Wildman–Crippen LogP) is 11.5. The van der Waals surface area contributed by atoms with Crippen LogP contribution in [0.1, 0.15) is 83.0 Å². The maximum Gasteiger partial charge on any atom is 0.350 e. The Morgan fingerprint density at radius 1 is 1.06 bits per heavy atom. The number of amides is 1. The number of ether oxygens (including phenoxy) is 2. The molecule has 2 aromatic rings. The second-order valence-corrected chi connectivity index (χ2v) is 19.6. The van der Waals surface area contributed by atoms with E-state index in [1.165, 1.54) is 17.0 Å². The van der Waals surface area contributed by atoms with Gasteiger partial charge >= 0.3 is 11.4 Å². The largest absolute Gasteiger partial charge is 0.351 e. The molecule has 1 fully saturated rings. The van der Waals surface area contributed by atoms with Crippen molar-refractivity contribution in [2.45, 2.75) is 89.8 Å². The Bertz CT molecular complexity index is 1540. The van der Waals surface area contributed by atoms with Crippen LogP contribution in [0.15, 0.2) is 42.2 Å². The summed E-state index contributed by atoms with van der Waals surface area (Å²) < 4.78 is 35.0. The first kappa shape index (κ1) is 42.5. The molecule has 0 aromatic heterocycles. The van der Waals surface area contributed by atoms with Crippen LogP contribution in [-0.4, -0.2) is 54.1 Å². The number of halogens is 4. The number of unbranched alkanes of at least 4 members (excludes halogenated alkanes) is 1. The lowest BCUT2D eigenvalue weighted by atomic mass is 10.1. The van der Waals surface area contributed by atoms with E-state index in [0.29, 0.717) is 54.4 Å². The van der Waals surface area contributed by atoms with Gasteiger partial charge in [0, 0.05) is 32.3 Å². The molecule has 1 heterocycles. The molecule has 1 aliphatic heterocycles. The number of nitrogens with zero attached hydrogens (tertiary/aromatic N) is 3. The molecule has 4 unspecified atom stereocenters. The molecule has 0 saturated carbocycles. The highest BCUT2D eigenvalue weighted by molar-refractivity contribution is 9.14. The molecule has 0 aliphatic carbocycles. The number of benzene rings is 2. The summed E-state index contributed by atoms with van der Waals surface area (Å²) in [6.45, 7) is 2.47. The predicted molar refractivity (Wildman–Crippen MR) is 207 cm³/mol. The summed E-state index contributed by atoms with van der Waals surface area (Å²) in [5, 5.41) is 22.9. The Balaban J connectivity index is 2.30. The molecule has 3 rings (SSSR count). The fourth-order valence-corrected chi connectivity index (χ4v) is 13.1. The molecule has 1 amide bonds. The van der Waals surface area contributed by atoms with E-state index >= 15 is 4.79 Å². The maximum absolute atomic E-state index is 15.2. The van der Waals surface area contributed by atoms with Crippen LogP contribution >= 0.6 is 81.7 Å². The first-order chi connectivity index (χ1) is 23.3. The highest BCUT2D eigenvalue weighted by Gasteiger charge is 2.43. The minimum Gasteiger partial charge on any atom is -0.351 e. The van der Waals surface area contributed by atoms with Gasteiger partial charge in [0.1, 0.15) is 5.25 Å². The topological polar surface area (TPSA) is 151 Å². The number of rotatable bonds is 17. The van der Waals surface area contributed by atoms with E-state index in [1.807, 2.05) is 13.8 Å². The second kappa shape index (κ2) is 20.4. The van der Waals surface area contributed by atoms with Crippen LogP contribution in [0.3, 0.4) is 0 Å². The van der Waals surface area contributed by atoms with Gasteiger partial charge in [0.15, 0.2) is 6.29 Å². The van der Waals surface area contributed by atoms with Gasteiger partial charge in [-0.05, 0) is 114 Å². The van der Waals surface area contributed by atoms with Gasteiger partial charge in [-0.3, -0.25) is 29.6 Å². The highest BCUT2D eigenvalue weighted by Crippen LogP contribution is 2.66. The number of nitro groups is 2. The number of carbonyl (C=O) groups is 1. The molecule has 2 aromatic carbocycles. The third-order valence-corrected chi connectivity index (χ3v) is 16.5. The zero-order valence-electron chi connectivity index (χ0n) is 27.4. The Morgan fingerprint density at radius 3 is 2.43 bits per heavy atom. The van der Waals surface area contributed by atoms with Crippen LogP contribution in [0.5, 0.6) is 0 Å². The first-order valence-corrected chi connectivity index (χ1v) is 22.5. The molecule has 272 valence electrons. The average molecular weight is 981 g/mol. The lowest BCUT2D eigenvalue weighted by Crippen LogP contribution is -2.44. The van der Waals surface area contributed by atoms with E-state index in [0.717, 1.165) is 44.6 Å². The minimum absolute atomic E-state index is 0.0787. The number of hydrogen-bond acceptors (Lipinski definition) is 10. The van der Waals surface area contributed by atoms with E-state index in [9.17, 15) is 24.8 Å². The van der Waals surface area contributed by atoms with Crippen molar-refractivity contribution < 1.29 is 33.2 Å². The molecule has 0 N–H and O–H groups in total. The summed E-state index contributed by atoms with van der Waals surface area (Å²) in [5.74, 6) is -0.722. The van der Waals surface area contributed by atoms with Crippen molar-refractivity contribution in [1.29, 1.82) is 0 Å². The van der Waals surface area contributed by atoms with Crippen molar-refractivity contribution in [1.82, 2.24) is 0 Å². The van der Waals surface area contributed by atoms with Gasteiger partial charge < -0.3 is 18.9 Å². The smallest absolute Gasteiger partial charge is 0.350 e. The minimum atomic E-state index is -3.68. The standard InChI is InChI=1S/C31H40Br4N3O9PS/c1-4-7-11-20-12-8-9-16-45-25(47-20)19-36(29-23(33)18-22(32)26(34)27(29)35)31(39)30(49-48(44,17-6-3)46-15-5-2)21-13-10-14-24(37(40)41)28(21)38(42)43/h10,13-14,18,20,25,30H,4-9,11-12,15-17,19H2,1-3H3. The van der Waals surface area contributed by atoms with Crippen molar-refractivity contribution in [2.75, 3.05) is 30.8 Å². The lowest BCUT2D eigenvalue weighted by Gasteiger charge is -2.35. The Labute approximate surface area is 324 Å². The normalized spacial score (nSPS) is 18.6. The zero-order valence-corrected chi connectivity index (χ0v) is 35.5. The fraction of sp³-hybridized carbons (Fsp3) is 0.581. The average Bonchev–Trinajstić information content (AvgIpc) is 3.04. The fourth-order valence-electron chi connectivity index (χ4n) is 5.29. The van der Waals surface area contributed by atoms with Gasteiger partial charge in [-0.2, -0.15) is 0 Å². The van der Waals surface area contributed by atoms with Crippen molar-refractivity contribution in [2.24, 2.45) is 0 Å². The van der Waals surface area contributed by atoms with Crippen LogP contribution in [0, 0.1) is 20.2 Å². The number of hydrogen-bond donors (Lipinski definition) is 0. The van der Waals surface area contributed by atoms with Crippen molar-refractivity contribution >= 4 is 105 Å². The van der Waals surface area contributed by atoms with Crippen LogP contribution in [-0.2, 0) is 23.4 Å². The van der Waals surface area contributed by atoms with E-state index < -0.39 is 45.2 Å². The highest BCUT2D eigenvalue weighted by atomic mass is 79.9. The molecular formula is C31H40Br4N3O9PS. The molecular weight excluding hydrogens is 941 g/mol. The van der Waals surface area contributed by atoms with Crippen molar-refractivity contribution in [3.05, 3.63) is 67.9 Å². The summed E-state index contributed by atoms with van der Waals surface area (Å²) in [6.07, 6.45) is 5.40. The van der Waals surface area contributed by atoms with Gasteiger partial charge in [-0.1, -0.05) is 51.1 Å². The summed E-state index contributed by atoms with van der Waals surface area (Å²) >= 11 is 14.9. The first-order valence-electron chi connectivity index (χ1n) is 16.0. The third kappa shape index (κ3) is 11.5. The summed E-state index contributed by atoms with van der Waals surface area (Å²) in [5.41, 5.74) is -1.56. The molecule has 0 spiro atoms. The molecule has 4 atom stereocenters. The van der Waals surface area contributed by atoms with E-state index in [-0.39, 0.29) is 31.0 Å². The molecule has 49 heavy (non-hydrogen) atoms. The van der Waals surface area contributed by atoms with Crippen LogP contribution in [0.25, 0.3) is 0 Å². The van der Waals surface area contributed by atoms with Gasteiger partial charge in [-0.15, -0.1) is 0 Å². The van der Waals surface area contributed by atoms with Crippen LogP contribution in [0.4, 0.5) is 17.1 Å². The molecule has 1 aliphatic rings. The van der Waals surface area contributed by atoms with Gasteiger partial charge in [0.2, 0.25) is 5.91 Å². The Hall–Kier alpha value is -0.910. The van der Waals surface area contributed by atoms with Crippen LogP contribution in [0.2, 0.25) is 0 Å². The Morgan fingerprint density at radius 2 is 1.80 bits per heavy atom. The SMILES string of the molecule is CCCCC1CCCCOC(CN(C(=O)C(SP(=O)(CCC)OCCC)c2cccc([N+](=O)[O-])c2[N+](=O)[O-])c2c(Br)cc(Br)c(Br)c2Br)O1. The molecule has 0 radical (unpaired) electrons.